The molecule has 11 heteroatoms. The molecule has 1 aromatic rings. The zero-order valence-electron chi connectivity index (χ0n) is 14.6. The number of nitrogens with two attached hydrogens (primary N) is 1. The lowest BCUT2D eigenvalue weighted by atomic mass is 9.98. The number of hydrogen-bond donors (Lipinski definition) is 2. The monoisotopic (exact) mass is 417 g/mol. The molecule has 9 nitrogen and oxygen atoms in total. The first kappa shape index (κ1) is 21.1. The van der Waals surface area contributed by atoms with Gasteiger partial charge in [0.05, 0.1) is 10.8 Å². The molecule has 0 aliphatic carbocycles. The molecule has 0 saturated carbocycles. The summed E-state index contributed by atoms with van der Waals surface area (Å²) in [6.07, 6.45) is -0.660. The first-order valence-electron chi connectivity index (χ1n) is 8.17. The van der Waals surface area contributed by atoms with Gasteiger partial charge in [-0.25, -0.2) is 13.2 Å². The fraction of sp³-hybridized carbons (Fsp3) is 0.438. The molecular formula is C16H20ClN3O6S. The van der Waals surface area contributed by atoms with Crippen LogP contribution in [0.4, 0.5) is 4.79 Å². The predicted octanol–water partition coefficient (Wildman–Crippen LogP) is 0.867. The van der Waals surface area contributed by atoms with E-state index in [9.17, 15) is 22.8 Å². The van der Waals surface area contributed by atoms with Crippen LogP contribution >= 0.6 is 11.6 Å². The van der Waals surface area contributed by atoms with Crippen LogP contribution < -0.4 is 11.1 Å². The Kier molecular flexibility index (Phi) is 6.79. The number of piperidine rings is 1. The number of rotatable bonds is 5. The number of urea groups is 1. The third-order valence-corrected chi connectivity index (χ3v) is 6.31. The van der Waals surface area contributed by atoms with E-state index in [0.29, 0.717) is 5.02 Å². The molecule has 3 amide bonds. The lowest BCUT2D eigenvalue weighted by Gasteiger charge is -2.30. The summed E-state index contributed by atoms with van der Waals surface area (Å²) < 4.78 is 31.6. The number of halogens is 1. The summed E-state index contributed by atoms with van der Waals surface area (Å²) in [5, 5.41) is 2.26. The number of nitrogens with zero attached hydrogens (tertiary/aromatic N) is 1. The first-order chi connectivity index (χ1) is 12.6. The van der Waals surface area contributed by atoms with E-state index in [2.05, 4.69) is 0 Å². The Labute approximate surface area is 161 Å². The average Bonchev–Trinajstić information content (AvgIpc) is 2.61. The lowest BCUT2D eigenvalue weighted by Crippen LogP contribution is -2.44. The maximum absolute atomic E-state index is 12.6. The Balaban J connectivity index is 1.92. The molecule has 1 aliphatic heterocycles. The number of carbonyl (C=O) groups is 3. The molecule has 27 heavy (non-hydrogen) atoms. The van der Waals surface area contributed by atoms with Gasteiger partial charge in [0.2, 0.25) is 10.0 Å². The average molecular weight is 418 g/mol. The Morgan fingerprint density at radius 3 is 2.30 bits per heavy atom. The number of amides is 3. The van der Waals surface area contributed by atoms with Crippen LogP contribution in [0, 0.1) is 5.92 Å². The summed E-state index contributed by atoms with van der Waals surface area (Å²) in [5.41, 5.74) is 4.84. The van der Waals surface area contributed by atoms with E-state index in [-0.39, 0.29) is 30.8 Å². The normalized spacial score (nSPS) is 17.1. The van der Waals surface area contributed by atoms with Crippen molar-refractivity contribution in [2.45, 2.75) is 30.8 Å². The van der Waals surface area contributed by atoms with Crippen LogP contribution in [0.25, 0.3) is 0 Å². The van der Waals surface area contributed by atoms with Crippen LogP contribution in [0.2, 0.25) is 5.02 Å². The lowest BCUT2D eigenvalue weighted by molar-refractivity contribution is -0.159. The second-order valence-electron chi connectivity index (χ2n) is 6.06. The van der Waals surface area contributed by atoms with E-state index in [4.69, 9.17) is 22.1 Å². The topological polar surface area (TPSA) is 136 Å². The van der Waals surface area contributed by atoms with E-state index in [0.717, 1.165) is 0 Å². The van der Waals surface area contributed by atoms with Crippen molar-refractivity contribution in [2.75, 3.05) is 13.1 Å². The maximum atomic E-state index is 12.6. The van der Waals surface area contributed by atoms with Crippen molar-refractivity contribution < 1.29 is 27.5 Å². The molecule has 3 N–H and O–H groups in total. The van der Waals surface area contributed by atoms with Gasteiger partial charge < -0.3 is 10.5 Å². The second-order valence-corrected chi connectivity index (χ2v) is 8.44. The fourth-order valence-electron chi connectivity index (χ4n) is 2.63. The van der Waals surface area contributed by atoms with Crippen LogP contribution in [0.1, 0.15) is 19.8 Å². The summed E-state index contributed by atoms with van der Waals surface area (Å²) >= 11 is 5.78. The van der Waals surface area contributed by atoms with E-state index in [1.807, 2.05) is 5.32 Å². The zero-order chi connectivity index (χ0) is 20.2. The summed E-state index contributed by atoms with van der Waals surface area (Å²) in [7, 11) is -3.67. The Morgan fingerprint density at radius 1 is 1.22 bits per heavy atom. The van der Waals surface area contributed by atoms with Gasteiger partial charge in [-0.2, -0.15) is 4.31 Å². The quantitative estimate of drug-likeness (QED) is 0.682. The Hall–Kier alpha value is -2.17. The summed E-state index contributed by atoms with van der Waals surface area (Å²) in [5.74, 6) is -1.98. The highest BCUT2D eigenvalue weighted by molar-refractivity contribution is 7.89. The fourth-order valence-corrected chi connectivity index (χ4v) is 4.23. The van der Waals surface area contributed by atoms with Gasteiger partial charge in [0.1, 0.15) is 0 Å². The van der Waals surface area contributed by atoms with Crippen molar-refractivity contribution >= 4 is 39.5 Å². The molecule has 1 saturated heterocycles. The molecule has 0 aromatic heterocycles. The minimum atomic E-state index is -3.67. The number of ether oxygens (including phenoxy) is 1. The smallest absolute Gasteiger partial charge is 0.318 e. The number of sulfonamides is 1. The highest BCUT2D eigenvalue weighted by Gasteiger charge is 2.34. The second kappa shape index (κ2) is 8.68. The third-order valence-electron chi connectivity index (χ3n) is 4.15. The van der Waals surface area contributed by atoms with Gasteiger partial charge in [-0.15, -0.1) is 0 Å². The zero-order valence-corrected chi connectivity index (χ0v) is 16.1. The highest BCUT2D eigenvalue weighted by atomic mass is 35.5. The predicted molar refractivity (Wildman–Crippen MR) is 96.2 cm³/mol. The van der Waals surface area contributed by atoms with E-state index >= 15 is 0 Å². The molecule has 1 aromatic carbocycles. The number of carbonyl (C=O) groups excluding carboxylic acids is 3. The number of esters is 1. The van der Waals surface area contributed by atoms with Crippen LogP contribution in [-0.2, 0) is 24.3 Å². The van der Waals surface area contributed by atoms with Gasteiger partial charge in [0.15, 0.2) is 6.10 Å². The van der Waals surface area contributed by atoms with E-state index in [1.165, 1.54) is 35.5 Å². The molecule has 2 rings (SSSR count). The number of nitrogens with one attached hydrogen (secondary N) is 1. The van der Waals surface area contributed by atoms with Gasteiger partial charge >= 0.3 is 12.0 Å². The maximum Gasteiger partial charge on any atom is 0.318 e. The van der Waals surface area contributed by atoms with Gasteiger partial charge in [0.25, 0.3) is 5.91 Å². The van der Waals surface area contributed by atoms with Crippen molar-refractivity contribution in [3.63, 3.8) is 0 Å². The number of benzene rings is 1. The van der Waals surface area contributed by atoms with Crippen molar-refractivity contribution in [1.29, 1.82) is 0 Å². The van der Waals surface area contributed by atoms with Crippen LogP contribution in [0.15, 0.2) is 29.2 Å². The van der Waals surface area contributed by atoms with Gasteiger partial charge in [-0.3, -0.25) is 14.9 Å². The number of primary amides is 1. The number of hydrogen-bond acceptors (Lipinski definition) is 6. The van der Waals surface area contributed by atoms with Crippen molar-refractivity contribution in [2.24, 2.45) is 11.7 Å². The van der Waals surface area contributed by atoms with Crippen molar-refractivity contribution in [1.82, 2.24) is 9.62 Å². The van der Waals surface area contributed by atoms with E-state index < -0.39 is 40.0 Å². The molecule has 148 valence electrons. The van der Waals surface area contributed by atoms with E-state index in [1.54, 1.807) is 0 Å². The van der Waals surface area contributed by atoms with Crippen molar-refractivity contribution in [3.8, 4) is 0 Å². The van der Waals surface area contributed by atoms with Crippen LogP contribution in [0.5, 0.6) is 0 Å². The molecule has 0 unspecified atom stereocenters. The molecular weight excluding hydrogens is 398 g/mol. The van der Waals surface area contributed by atoms with Crippen molar-refractivity contribution in [3.05, 3.63) is 29.3 Å². The molecule has 1 aliphatic rings. The Bertz CT molecular complexity index is 819. The first-order valence-corrected chi connectivity index (χ1v) is 9.99. The Morgan fingerprint density at radius 2 is 1.78 bits per heavy atom. The summed E-state index contributed by atoms with van der Waals surface area (Å²) in [6, 6.07) is 4.81. The molecule has 1 heterocycles. The third kappa shape index (κ3) is 5.41. The van der Waals surface area contributed by atoms with Gasteiger partial charge in [0, 0.05) is 18.1 Å². The minimum absolute atomic E-state index is 0.129. The summed E-state index contributed by atoms with van der Waals surface area (Å²) in [4.78, 5) is 34.5. The highest BCUT2D eigenvalue weighted by Crippen LogP contribution is 2.25. The largest absolute Gasteiger partial charge is 0.452 e. The molecule has 1 fully saturated rings. The number of imide groups is 1. The minimum Gasteiger partial charge on any atom is -0.452 e. The SMILES string of the molecule is C[C@@H](OC(=O)C1CCN(S(=O)(=O)c2ccc(Cl)cc2)CC1)C(=O)NC(N)=O. The van der Waals surface area contributed by atoms with Gasteiger partial charge in [-0.1, -0.05) is 11.6 Å². The van der Waals surface area contributed by atoms with Crippen LogP contribution in [-0.4, -0.2) is 49.8 Å². The van der Waals surface area contributed by atoms with Gasteiger partial charge in [-0.05, 0) is 44.0 Å². The summed E-state index contributed by atoms with van der Waals surface area (Å²) in [6.45, 7) is 1.61. The molecule has 0 radical (unpaired) electrons. The molecule has 1 atom stereocenters. The van der Waals surface area contributed by atoms with Crippen LogP contribution in [0.3, 0.4) is 0 Å². The molecule has 0 bridgehead atoms. The standard InChI is InChI=1S/C16H20ClN3O6S/c1-10(14(21)19-16(18)23)26-15(22)11-6-8-20(9-7-11)27(24,25)13-4-2-12(17)3-5-13/h2-5,10-11H,6-9H2,1H3,(H3,18,19,21,23)/t10-/m1/s1. The molecule has 0 spiro atoms.